The molecule has 118 valence electrons. The standard InChI is InChI=1S/C18H23NO3/c1-13(2)10-14-6-4-7-15-11-17(19(20)21)12-16(18(14)15)8-5-9-22-3/h4-5,7-8,11-14H,6,9-10H2,1-3H3/b8-5+. The Morgan fingerprint density at radius 3 is 2.86 bits per heavy atom. The third-order valence-electron chi connectivity index (χ3n) is 3.88. The first kappa shape index (κ1) is 16.4. The fourth-order valence-corrected chi connectivity index (χ4v) is 3.07. The van der Waals surface area contributed by atoms with Crippen LogP contribution in [0, 0.1) is 16.0 Å². The van der Waals surface area contributed by atoms with E-state index in [2.05, 4.69) is 19.9 Å². The van der Waals surface area contributed by atoms with Crippen molar-refractivity contribution in [3.05, 3.63) is 51.1 Å². The van der Waals surface area contributed by atoms with Crippen LogP contribution in [0.2, 0.25) is 0 Å². The molecule has 22 heavy (non-hydrogen) atoms. The summed E-state index contributed by atoms with van der Waals surface area (Å²) in [4.78, 5) is 10.8. The van der Waals surface area contributed by atoms with Gasteiger partial charge in [-0.2, -0.15) is 0 Å². The Bertz CT molecular complexity index is 603. The van der Waals surface area contributed by atoms with Gasteiger partial charge in [-0.05, 0) is 41.4 Å². The summed E-state index contributed by atoms with van der Waals surface area (Å²) < 4.78 is 5.04. The van der Waals surface area contributed by atoms with Crippen LogP contribution in [0.5, 0.6) is 0 Å². The normalized spacial score (nSPS) is 17.2. The minimum atomic E-state index is -0.326. The Kier molecular flexibility index (Phi) is 5.50. The van der Waals surface area contributed by atoms with Crippen molar-refractivity contribution in [2.45, 2.75) is 32.6 Å². The smallest absolute Gasteiger partial charge is 0.270 e. The lowest BCUT2D eigenvalue weighted by atomic mass is 9.79. The number of nitro benzene ring substituents is 1. The van der Waals surface area contributed by atoms with Crippen LogP contribution in [0.15, 0.2) is 24.3 Å². The molecule has 0 saturated heterocycles. The van der Waals surface area contributed by atoms with E-state index in [0.29, 0.717) is 18.4 Å². The highest BCUT2D eigenvalue weighted by molar-refractivity contribution is 5.70. The molecule has 0 saturated carbocycles. The first-order chi connectivity index (χ1) is 10.5. The van der Waals surface area contributed by atoms with Crippen molar-refractivity contribution < 1.29 is 9.66 Å². The van der Waals surface area contributed by atoms with E-state index in [1.165, 1.54) is 5.56 Å². The van der Waals surface area contributed by atoms with Crippen LogP contribution in [-0.2, 0) is 4.74 Å². The summed E-state index contributed by atoms with van der Waals surface area (Å²) in [5.74, 6) is 1.01. The molecule has 0 N–H and O–H groups in total. The maximum Gasteiger partial charge on any atom is 0.270 e. The SMILES string of the molecule is COC/C=C/c1cc([N+](=O)[O-])cc2c1C(CC(C)C)CC=C2. The number of nitrogens with zero attached hydrogens (tertiary/aromatic N) is 1. The Morgan fingerprint density at radius 1 is 1.45 bits per heavy atom. The highest BCUT2D eigenvalue weighted by Gasteiger charge is 2.23. The van der Waals surface area contributed by atoms with Gasteiger partial charge in [0.25, 0.3) is 5.69 Å². The first-order valence-electron chi connectivity index (χ1n) is 7.67. The van der Waals surface area contributed by atoms with Gasteiger partial charge in [-0.1, -0.05) is 38.2 Å². The quantitative estimate of drug-likeness (QED) is 0.560. The van der Waals surface area contributed by atoms with Crippen LogP contribution < -0.4 is 0 Å². The molecule has 1 aliphatic rings. The molecule has 0 bridgehead atoms. The van der Waals surface area contributed by atoms with Crippen molar-refractivity contribution in [1.82, 2.24) is 0 Å². The van der Waals surface area contributed by atoms with Crippen LogP contribution in [0.3, 0.4) is 0 Å². The molecule has 2 rings (SSSR count). The van der Waals surface area contributed by atoms with Gasteiger partial charge in [0.1, 0.15) is 0 Å². The number of benzene rings is 1. The maximum absolute atomic E-state index is 11.2. The molecule has 4 heteroatoms. The van der Waals surface area contributed by atoms with E-state index in [0.717, 1.165) is 24.0 Å². The van der Waals surface area contributed by atoms with Crippen LogP contribution >= 0.6 is 0 Å². The van der Waals surface area contributed by atoms with E-state index in [1.807, 2.05) is 18.2 Å². The van der Waals surface area contributed by atoms with E-state index in [4.69, 9.17) is 4.74 Å². The van der Waals surface area contributed by atoms with Crippen molar-refractivity contribution in [3.8, 4) is 0 Å². The molecule has 1 unspecified atom stereocenters. The highest BCUT2D eigenvalue weighted by atomic mass is 16.6. The number of allylic oxidation sites excluding steroid dienone is 1. The summed E-state index contributed by atoms with van der Waals surface area (Å²) in [7, 11) is 1.64. The fourth-order valence-electron chi connectivity index (χ4n) is 3.07. The zero-order chi connectivity index (χ0) is 16.1. The van der Waals surface area contributed by atoms with Crippen molar-refractivity contribution in [1.29, 1.82) is 0 Å². The Labute approximate surface area is 131 Å². The lowest BCUT2D eigenvalue weighted by Crippen LogP contribution is -2.10. The molecule has 0 aromatic heterocycles. The van der Waals surface area contributed by atoms with Gasteiger partial charge in [-0.25, -0.2) is 0 Å². The van der Waals surface area contributed by atoms with Gasteiger partial charge >= 0.3 is 0 Å². The topological polar surface area (TPSA) is 52.4 Å². The van der Waals surface area contributed by atoms with E-state index >= 15 is 0 Å². The van der Waals surface area contributed by atoms with Crippen LogP contribution in [0.25, 0.3) is 12.2 Å². The zero-order valence-corrected chi connectivity index (χ0v) is 13.4. The number of nitro groups is 1. The maximum atomic E-state index is 11.2. The Hall–Kier alpha value is -1.94. The molecule has 0 spiro atoms. The van der Waals surface area contributed by atoms with Gasteiger partial charge in [-0.15, -0.1) is 0 Å². The van der Waals surface area contributed by atoms with E-state index in [-0.39, 0.29) is 10.6 Å². The number of rotatable bonds is 6. The van der Waals surface area contributed by atoms with Crippen LogP contribution in [0.1, 0.15) is 49.3 Å². The molecule has 1 aromatic carbocycles. The molecule has 0 amide bonds. The number of non-ortho nitro benzene ring substituents is 1. The summed E-state index contributed by atoms with van der Waals surface area (Å²) in [5.41, 5.74) is 3.29. The second-order valence-electron chi connectivity index (χ2n) is 6.12. The van der Waals surface area contributed by atoms with Crippen molar-refractivity contribution >= 4 is 17.8 Å². The summed E-state index contributed by atoms with van der Waals surface area (Å²) in [5, 5.41) is 11.2. The number of hydrogen-bond acceptors (Lipinski definition) is 3. The average Bonchev–Trinajstić information content (AvgIpc) is 2.46. The van der Waals surface area contributed by atoms with Crippen LogP contribution in [0.4, 0.5) is 5.69 Å². The van der Waals surface area contributed by atoms with E-state index < -0.39 is 0 Å². The van der Waals surface area contributed by atoms with Crippen molar-refractivity contribution in [2.24, 2.45) is 5.92 Å². The monoisotopic (exact) mass is 301 g/mol. The number of fused-ring (bicyclic) bond motifs is 1. The van der Waals surface area contributed by atoms with Crippen molar-refractivity contribution in [2.75, 3.05) is 13.7 Å². The van der Waals surface area contributed by atoms with Crippen LogP contribution in [-0.4, -0.2) is 18.6 Å². The minimum Gasteiger partial charge on any atom is -0.381 e. The van der Waals surface area contributed by atoms with Gasteiger partial charge in [0.2, 0.25) is 0 Å². The highest BCUT2D eigenvalue weighted by Crippen LogP contribution is 2.39. The number of methoxy groups -OCH3 is 1. The third-order valence-corrected chi connectivity index (χ3v) is 3.88. The second-order valence-corrected chi connectivity index (χ2v) is 6.12. The third kappa shape index (κ3) is 3.83. The summed E-state index contributed by atoms with van der Waals surface area (Å²) in [6, 6.07) is 3.36. The molecule has 0 heterocycles. The molecule has 1 aliphatic carbocycles. The van der Waals surface area contributed by atoms with Gasteiger partial charge in [-0.3, -0.25) is 10.1 Å². The number of ether oxygens (including phenoxy) is 1. The largest absolute Gasteiger partial charge is 0.381 e. The number of hydrogen-bond donors (Lipinski definition) is 0. The molecule has 0 aliphatic heterocycles. The zero-order valence-electron chi connectivity index (χ0n) is 13.4. The van der Waals surface area contributed by atoms with E-state index in [9.17, 15) is 10.1 Å². The van der Waals surface area contributed by atoms with Gasteiger partial charge in [0.15, 0.2) is 0 Å². The minimum absolute atomic E-state index is 0.144. The molecule has 0 fully saturated rings. The molecule has 4 nitrogen and oxygen atoms in total. The predicted octanol–water partition coefficient (Wildman–Crippen LogP) is 4.80. The van der Waals surface area contributed by atoms with E-state index in [1.54, 1.807) is 19.2 Å². The Balaban J connectivity index is 2.50. The Morgan fingerprint density at radius 2 is 2.23 bits per heavy atom. The van der Waals surface area contributed by atoms with Gasteiger partial charge < -0.3 is 4.74 Å². The fraction of sp³-hybridized carbons (Fsp3) is 0.444. The van der Waals surface area contributed by atoms with Gasteiger partial charge in [0, 0.05) is 19.2 Å². The lowest BCUT2D eigenvalue weighted by Gasteiger charge is -2.25. The summed E-state index contributed by atoms with van der Waals surface area (Å²) in [6.45, 7) is 4.93. The predicted molar refractivity (Wildman–Crippen MR) is 89.9 cm³/mol. The second kappa shape index (κ2) is 7.36. The first-order valence-corrected chi connectivity index (χ1v) is 7.67. The molecule has 1 atom stereocenters. The summed E-state index contributed by atoms with van der Waals surface area (Å²) in [6.07, 6.45) is 10.1. The van der Waals surface area contributed by atoms with Crippen molar-refractivity contribution in [3.63, 3.8) is 0 Å². The van der Waals surface area contributed by atoms with Gasteiger partial charge in [0.05, 0.1) is 11.5 Å². The average molecular weight is 301 g/mol. The summed E-state index contributed by atoms with van der Waals surface area (Å²) >= 11 is 0. The molecular weight excluding hydrogens is 278 g/mol. The molecular formula is C18H23NO3. The lowest BCUT2D eigenvalue weighted by molar-refractivity contribution is -0.384. The molecule has 1 aromatic rings. The molecule has 0 radical (unpaired) electrons.